The minimum atomic E-state index is -1.91. The molecule has 4 aromatic rings. The molecule has 0 saturated carbocycles. The summed E-state index contributed by atoms with van der Waals surface area (Å²) in [6.07, 6.45) is 0.889. The highest BCUT2D eigenvalue weighted by atomic mass is 35.5. The lowest BCUT2D eigenvalue weighted by molar-refractivity contribution is -0.00000566. The molecule has 0 bridgehead atoms. The summed E-state index contributed by atoms with van der Waals surface area (Å²) >= 11 is 0. The number of nitriles is 1. The van der Waals surface area contributed by atoms with Gasteiger partial charge < -0.3 is 12.4 Å². The summed E-state index contributed by atoms with van der Waals surface area (Å²) < 4.78 is 0. The van der Waals surface area contributed by atoms with Crippen LogP contribution in [0.1, 0.15) is 11.1 Å². The fourth-order valence-corrected chi connectivity index (χ4v) is 8.01. The molecule has 0 aliphatic carbocycles. The molecule has 4 aromatic carbocycles. The number of benzene rings is 4. The van der Waals surface area contributed by atoms with Crippen molar-refractivity contribution in [3.63, 3.8) is 0 Å². The molecule has 0 aliphatic heterocycles. The van der Waals surface area contributed by atoms with Gasteiger partial charge in [-0.2, -0.15) is 5.26 Å². The molecule has 0 spiro atoms. The van der Waals surface area contributed by atoms with Crippen molar-refractivity contribution in [2.24, 2.45) is 0 Å². The molecule has 0 saturated heterocycles. The lowest BCUT2D eigenvalue weighted by atomic mass is 10.2. The summed E-state index contributed by atoms with van der Waals surface area (Å²) in [6, 6.07) is 42.8. The van der Waals surface area contributed by atoms with Crippen LogP contribution in [0.5, 0.6) is 0 Å². The van der Waals surface area contributed by atoms with Gasteiger partial charge in [-0.3, -0.25) is 0 Å². The van der Waals surface area contributed by atoms with Crippen LogP contribution in [0.25, 0.3) is 0 Å². The minimum absolute atomic E-state index is 0. The van der Waals surface area contributed by atoms with E-state index in [-0.39, 0.29) is 12.4 Å². The highest BCUT2D eigenvalue weighted by Gasteiger charge is 2.45. The summed E-state index contributed by atoms with van der Waals surface area (Å²) in [7, 11) is -1.91. The molecule has 0 atom stereocenters. The highest BCUT2D eigenvalue weighted by molar-refractivity contribution is 7.95. The second kappa shape index (κ2) is 9.53. The first-order chi connectivity index (χ1) is 13.8. The Morgan fingerprint density at radius 3 is 1.45 bits per heavy atom. The summed E-state index contributed by atoms with van der Waals surface area (Å²) in [5.74, 6) is 0. The van der Waals surface area contributed by atoms with Crippen LogP contribution in [-0.4, -0.2) is 0 Å². The Labute approximate surface area is 179 Å². The molecule has 0 aromatic heterocycles. The predicted molar refractivity (Wildman–Crippen MR) is 120 cm³/mol. The number of nitrogens with zero attached hydrogens (tertiary/aromatic N) is 1. The molecule has 0 amide bonds. The van der Waals surface area contributed by atoms with Crippen molar-refractivity contribution >= 4 is 23.2 Å². The smallest absolute Gasteiger partial charge is 0.116 e. The quantitative estimate of drug-likeness (QED) is 0.459. The number of hydrogen-bond donors (Lipinski definition) is 0. The van der Waals surface area contributed by atoms with Gasteiger partial charge in [0.05, 0.1) is 17.8 Å². The normalized spacial score (nSPS) is 10.6. The van der Waals surface area contributed by atoms with E-state index in [0.717, 1.165) is 6.16 Å². The van der Waals surface area contributed by atoms with E-state index in [1.54, 1.807) is 0 Å². The second-order valence-electron chi connectivity index (χ2n) is 6.79. The molecular weight excluding hydrogens is 393 g/mol. The van der Waals surface area contributed by atoms with E-state index in [9.17, 15) is 5.26 Å². The van der Waals surface area contributed by atoms with E-state index >= 15 is 0 Å². The maximum atomic E-state index is 9.37. The van der Waals surface area contributed by atoms with Gasteiger partial charge in [0.25, 0.3) is 0 Å². The van der Waals surface area contributed by atoms with E-state index in [0.29, 0.717) is 5.56 Å². The lowest BCUT2D eigenvalue weighted by Crippen LogP contribution is -3.00. The van der Waals surface area contributed by atoms with Crippen LogP contribution in [0, 0.1) is 11.3 Å². The van der Waals surface area contributed by atoms with E-state index in [2.05, 4.69) is 103 Å². The molecule has 142 valence electrons. The summed E-state index contributed by atoms with van der Waals surface area (Å²) in [5, 5.41) is 13.4. The topological polar surface area (TPSA) is 23.8 Å². The van der Waals surface area contributed by atoms with Crippen LogP contribution < -0.4 is 28.3 Å². The number of hydrogen-bond acceptors (Lipinski definition) is 1. The zero-order valence-corrected chi connectivity index (χ0v) is 17.6. The van der Waals surface area contributed by atoms with Gasteiger partial charge >= 0.3 is 0 Å². The maximum Gasteiger partial charge on any atom is 0.116 e. The number of rotatable bonds is 5. The molecule has 0 N–H and O–H groups in total. The van der Waals surface area contributed by atoms with Crippen LogP contribution in [-0.2, 0) is 6.16 Å². The van der Waals surface area contributed by atoms with Crippen LogP contribution in [0.2, 0.25) is 0 Å². The van der Waals surface area contributed by atoms with Crippen molar-refractivity contribution in [3.05, 3.63) is 126 Å². The molecule has 0 unspecified atom stereocenters. The SMILES string of the molecule is N#Cc1cccc(C[P+](c2ccccc2)(c2ccccc2)c2ccccc2)c1.[Cl-]. The first-order valence-corrected chi connectivity index (χ1v) is 11.3. The Kier molecular flexibility index (Phi) is 6.84. The van der Waals surface area contributed by atoms with Crippen molar-refractivity contribution < 1.29 is 12.4 Å². The van der Waals surface area contributed by atoms with E-state index in [4.69, 9.17) is 0 Å². The van der Waals surface area contributed by atoms with Gasteiger partial charge in [-0.15, -0.1) is 0 Å². The van der Waals surface area contributed by atoms with Gasteiger partial charge in [-0.25, -0.2) is 0 Å². The molecule has 29 heavy (non-hydrogen) atoms. The van der Waals surface area contributed by atoms with Gasteiger partial charge in [-0.05, 0) is 54.1 Å². The fourth-order valence-electron chi connectivity index (χ4n) is 3.78. The molecule has 4 rings (SSSR count). The largest absolute Gasteiger partial charge is 1.00 e. The summed E-state index contributed by atoms with van der Waals surface area (Å²) in [5.41, 5.74) is 1.91. The van der Waals surface area contributed by atoms with Crippen molar-refractivity contribution in [1.82, 2.24) is 0 Å². The van der Waals surface area contributed by atoms with Gasteiger partial charge in [0.15, 0.2) is 0 Å². The molecule has 0 fully saturated rings. The minimum Gasteiger partial charge on any atom is -1.00 e. The standard InChI is InChI=1S/C26H21NP.ClH/c27-20-22-11-10-12-23(19-22)21-28(24-13-4-1-5-14-24,25-15-6-2-7-16-25)26-17-8-3-9-18-26;/h1-19H,21H2;1H/q+1;/p-1. The van der Waals surface area contributed by atoms with Crippen molar-refractivity contribution in [2.75, 3.05) is 0 Å². The van der Waals surface area contributed by atoms with Crippen molar-refractivity contribution in [1.29, 1.82) is 5.26 Å². The third-order valence-electron chi connectivity index (χ3n) is 5.07. The van der Waals surface area contributed by atoms with Crippen LogP contribution in [0.4, 0.5) is 0 Å². The molecule has 0 radical (unpaired) electrons. The zero-order valence-electron chi connectivity index (χ0n) is 15.9. The van der Waals surface area contributed by atoms with Crippen molar-refractivity contribution in [3.8, 4) is 6.07 Å². The summed E-state index contributed by atoms with van der Waals surface area (Å²) in [4.78, 5) is 0. The predicted octanol–water partition coefficient (Wildman–Crippen LogP) is 2.06. The van der Waals surface area contributed by atoms with Crippen LogP contribution in [0.3, 0.4) is 0 Å². The Bertz CT molecular complexity index is 993. The average molecular weight is 414 g/mol. The fraction of sp³-hybridized carbons (Fsp3) is 0.0385. The molecule has 1 nitrogen and oxygen atoms in total. The third kappa shape index (κ3) is 4.25. The van der Waals surface area contributed by atoms with Gasteiger partial charge in [0.1, 0.15) is 23.2 Å². The average Bonchev–Trinajstić information content (AvgIpc) is 2.79. The van der Waals surface area contributed by atoms with Crippen LogP contribution >= 0.6 is 7.26 Å². The van der Waals surface area contributed by atoms with E-state index < -0.39 is 7.26 Å². The first-order valence-electron chi connectivity index (χ1n) is 9.37. The molecule has 3 heteroatoms. The maximum absolute atomic E-state index is 9.37. The van der Waals surface area contributed by atoms with Gasteiger partial charge in [0, 0.05) is 0 Å². The molecule has 0 aliphatic rings. The van der Waals surface area contributed by atoms with Crippen molar-refractivity contribution in [2.45, 2.75) is 6.16 Å². The highest BCUT2D eigenvalue weighted by Crippen LogP contribution is 2.58. The Morgan fingerprint density at radius 2 is 1.03 bits per heavy atom. The van der Waals surface area contributed by atoms with E-state index in [1.807, 2.05) is 18.2 Å². The Morgan fingerprint density at radius 1 is 0.586 bits per heavy atom. The Hall–Kier alpha value is -2.91. The third-order valence-corrected chi connectivity index (χ3v) is 9.45. The lowest BCUT2D eigenvalue weighted by Gasteiger charge is -2.27. The van der Waals surface area contributed by atoms with Crippen LogP contribution in [0.15, 0.2) is 115 Å². The second-order valence-corrected chi connectivity index (χ2v) is 10.3. The number of halogens is 1. The molecular formula is C26H21ClNP. The first kappa shape index (κ1) is 20.8. The van der Waals surface area contributed by atoms with Gasteiger partial charge in [0.2, 0.25) is 0 Å². The Balaban J connectivity index is 0.00000240. The monoisotopic (exact) mass is 413 g/mol. The summed E-state index contributed by atoms with van der Waals surface area (Å²) in [6.45, 7) is 0. The zero-order chi connectivity index (χ0) is 19.2. The molecule has 0 heterocycles. The van der Waals surface area contributed by atoms with E-state index in [1.165, 1.54) is 21.5 Å². The van der Waals surface area contributed by atoms with Gasteiger partial charge in [-0.1, -0.05) is 66.7 Å².